The minimum Gasteiger partial charge on any atom is -0.481 e. The van der Waals surface area contributed by atoms with Gasteiger partial charge in [-0.25, -0.2) is 0 Å². The smallest absolute Gasteiger partial charge is 0.304 e. The molecule has 0 aromatic rings. The molecule has 1 rings (SSSR count). The topological polar surface area (TPSA) is 66.6 Å². The highest BCUT2D eigenvalue weighted by atomic mass is 16.4. The Morgan fingerprint density at radius 2 is 2.00 bits per heavy atom. The molecule has 88 valence electrons. The van der Waals surface area contributed by atoms with Gasteiger partial charge in [-0.3, -0.25) is 9.69 Å². The number of carboxylic acid groups (broad SMARTS) is 1. The van der Waals surface area contributed by atoms with Crippen molar-refractivity contribution in [3.63, 3.8) is 0 Å². The fraction of sp³-hybridized carbons (Fsp3) is 0.909. The Labute approximate surface area is 91.4 Å². The predicted molar refractivity (Wildman–Crippen MR) is 59.7 cm³/mol. The molecule has 1 unspecified atom stereocenters. The second-order valence-electron chi connectivity index (χ2n) is 4.78. The molecule has 0 bridgehead atoms. The zero-order chi connectivity index (χ0) is 11.4. The van der Waals surface area contributed by atoms with Crippen LogP contribution in [0.5, 0.6) is 0 Å². The van der Waals surface area contributed by atoms with E-state index >= 15 is 0 Å². The van der Waals surface area contributed by atoms with Crippen molar-refractivity contribution in [3.8, 4) is 0 Å². The molecule has 4 heteroatoms. The number of likely N-dealkylation sites (tertiary alicyclic amines) is 1. The number of aliphatic carboxylic acids is 1. The highest BCUT2D eigenvalue weighted by Gasteiger charge is 2.27. The van der Waals surface area contributed by atoms with E-state index in [9.17, 15) is 4.79 Å². The molecule has 4 nitrogen and oxygen atoms in total. The van der Waals surface area contributed by atoms with Gasteiger partial charge in [0, 0.05) is 12.1 Å². The Morgan fingerprint density at radius 3 is 2.40 bits per heavy atom. The number of carboxylic acids is 1. The fourth-order valence-corrected chi connectivity index (χ4v) is 2.22. The number of hydrogen-bond acceptors (Lipinski definition) is 3. The number of nitrogens with zero attached hydrogens (tertiary/aromatic N) is 1. The molecule has 1 aliphatic rings. The van der Waals surface area contributed by atoms with Crippen LogP contribution in [-0.4, -0.2) is 41.1 Å². The van der Waals surface area contributed by atoms with E-state index in [2.05, 4.69) is 18.7 Å². The number of carbonyl (C=O) groups is 1. The fourth-order valence-electron chi connectivity index (χ4n) is 2.22. The second-order valence-corrected chi connectivity index (χ2v) is 4.78. The Morgan fingerprint density at radius 1 is 1.47 bits per heavy atom. The van der Waals surface area contributed by atoms with Crippen molar-refractivity contribution in [3.05, 3.63) is 0 Å². The maximum atomic E-state index is 10.8. The SMILES string of the molecule is CC(C)C(CC(=O)O)N1CCC(N)CC1. The number of piperidine rings is 1. The molecule has 1 heterocycles. The molecule has 0 aliphatic carbocycles. The Hall–Kier alpha value is -0.610. The second kappa shape index (κ2) is 5.47. The molecule has 0 spiro atoms. The van der Waals surface area contributed by atoms with Crippen LogP contribution in [0.1, 0.15) is 33.1 Å². The lowest BCUT2D eigenvalue weighted by atomic mass is 9.95. The Bertz CT molecular complexity index is 211. The average Bonchev–Trinajstić information content (AvgIpc) is 2.15. The first-order valence-electron chi connectivity index (χ1n) is 5.72. The summed E-state index contributed by atoms with van der Waals surface area (Å²) in [5.41, 5.74) is 5.83. The lowest BCUT2D eigenvalue weighted by Crippen LogP contribution is -2.47. The first-order chi connectivity index (χ1) is 7.00. The minimum atomic E-state index is -0.705. The van der Waals surface area contributed by atoms with Crippen LogP contribution in [0.4, 0.5) is 0 Å². The summed E-state index contributed by atoms with van der Waals surface area (Å²) >= 11 is 0. The lowest BCUT2D eigenvalue weighted by molar-refractivity contribution is -0.139. The van der Waals surface area contributed by atoms with Gasteiger partial charge in [-0.2, -0.15) is 0 Å². The summed E-state index contributed by atoms with van der Waals surface area (Å²) < 4.78 is 0. The molecule has 0 saturated carbocycles. The van der Waals surface area contributed by atoms with Crippen molar-refractivity contribution < 1.29 is 9.90 Å². The van der Waals surface area contributed by atoms with E-state index < -0.39 is 5.97 Å². The third-order valence-electron chi connectivity index (χ3n) is 3.20. The first kappa shape index (κ1) is 12.5. The summed E-state index contributed by atoms with van der Waals surface area (Å²) in [7, 11) is 0. The van der Waals surface area contributed by atoms with Crippen molar-refractivity contribution in [2.75, 3.05) is 13.1 Å². The third-order valence-corrected chi connectivity index (χ3v) is 3.20. The van der Waals surface area contributed by atoms with Crippen molar-refractivity contribution in [2.24, 2.45) is 11.7 Å². The van der Waals surface area contributed by atoms with Crippen molar-refractivity contribution in [1.29, 1.82) is 0 Å². The molecule has 0 aromatic carbocycles. The van der Waals surface area contributed by atoms with Gasteiger partial charge >= 0.3 is 5.97 Å². The summed E-state index contributed by atoms with van der Waals surface area (Å²) in [5, 5.41) is 8.86. The summed E-state index contributed by atoms with van der Waals surface area (Å²) in [4.78, 5) is 13.0. The molecule has 1 fully saturated rings. The van der Waals surface area contributed by atoms with Gasteiger partial charge in [-0.1, -0.05) is 13.8 Å². The number of hydrogen-bond donors (Lipinski definition) is 2. The number of rotatable bonds is 4. The van der Waals surface area contributed by atoms with Crippen LogP contribution in [0.15, 0.2) is 0 Å². The molecular formula is C11H22N2O2. The largest absolute Gasteiger partial charge is 0.481 e. The van der Waals surface area contributed by atoms with Gasteiger partial charge in [-0.05, 0) is 31.8 Å². The van der Waals surface area contributed by atoms with Gasteiger partial charge in [0.05, 0.1) is 6.42 Å². The van der Waals surface area contributed by atoms with Crippen LogP contribution in [0.3, 0.4) is 0 Å². The molecule has 0 radical (unpaired) electrons. The monoisotopic (exact) mass is 214 g/mol. The maximum Gasteiger partial charge on any atom is 0.304 e. The molecule has 0 amide bonds. The molecule has 15 heavy (non-hydrogen) atoms. The average molecular weight is 214 g/mol. The Kier molecular flexibility index (Phi) is 4.54. The molecule has 3 N–H and O–H groups in total. The van der Waals surface area contributed by atoms with Crippen LogP contribution >= 0.6 is 0 Å². The normalized spacial score (nSPS) is 21.9. The van der Waals surface area contributed by atoms with Crippen molar-refractivity contribution in [1.82, 2.24) is 4.90 Å². The van der Waals surface area contributed by atoms with Crippen LogP contribution in [-0.2, 0) is 4.79 Å². The van der Waals surface area contributed by atoms with Gasteiger partial charge in [-0.15, -0.1) is 0 Å². The molecule has 1 saturated heterocycles. The highest BCUT2D eigenvalue weighted by molar-refractivity contribution is 5.67. The maximum absolute atomic E-state index is 10.8. The summed E-state index contributed by atoms with van der Waals surface area (Å²) in [6.45, 7) is 6.05. The van der Waals surface area contributed by atoms with Crippen LogP contribution in [0, 0.1) is 5.92 Å². The lowest BCUT2D eigenvalue weighted by Gasteiger charge is -2.38. The summed E-state index contributed by atoms with van der Waals surface area (Å²) in [6.07, 6.45) is 2.22. The van der Waals surface area contributed by atoms with E-state index in [1.54, 1.807) is 0 Å². The van der Waals surface area contributed by atoms with Gasteiger partial charge in [0.1, 0.15) is 0 Å². The predicted octanol–water partition coefficient (Wildman–Crippen LogP) is 0.909. The van der Waals surface area contributed by atoms with Crippen molar-refractivity contribution in [2.45, 2.75) is 45.2 Å². The van der Waals surface area contributed by atoms with Gasteiger partial charge in [0.2, 0.25) is 0 Å². The molecule has 1 aliphatic heterocycles. The zero-order valence-electron chi connectivity index (χ0n) is 9.65. The molecular weight excluding hydrogens is 192 g/mol. The molecule has 0 aromatic heterocycles. The van der Waals surface area contributed by atoms with Crippen molar-refractivity contribution >= 4 is 5.97 Å². The van der Waals surface area contributed by atoms with E-state index in [-0.39, 0.29) is 12.5 Å². The van der Waals surface area contributed by atoms with Crippen LogP contribution in [0.25, 0.3) is 0 Å². The first-order valence-corrected chi connectivity index (χ1v) is 5.72. The van der Waals surface area contributed by atoms with E-state index in [4.69, 9.17) is 10.8 Å². The van der Waals surface area contributed by atoms with Crippen LogP contribution in [0.2, 0.25) is 0 Å². The quantitative estimate of drug-likeness (QED) is 0.730. The van der Waals surface area contributed by atoms with E-state index in [0.29, 0.717) is 12.0 Å². The standard InChI is InChI=1S/C11H22N2O2/c1-8(2)10(7-11(14)15)13-5-3-9(12)4-6-13/h8-10H,3-7,12H2,1-2H3,(H,14,15). The van der Waals surface area contributed by atoms with E-state index in [1.165, 1.54) is 0 Å². The summed E-state index contributed by atoms with van der Waals surface area (Å²) in [5.74, 6) is -0.320. The van der Waals surface area contributed by atoms with E-state index in [0.717, 1.165) is 25.9 Å². The molecule has 1 atom stereocenters. The minimum absolute atomic E-state index is 0.162. The summed E-state index contributed by atoms with van der Waals surface area (Å²) in [6, 6.07) is 0.467. The van der Waals surface area contributed by atoms with E-state index in [1.807, 2.05) is 0 Å². The van der Waals surface area contributed by atoms with Crippen LogP contribution < -0.4 is 5.73 Å². The third kappa shape index (κ3) is 3.80. The van der Waals surface area contributed by atoms with Gasteiger partial charge in [0.15, 0.2) is 0 Å². The number of nitrogens with two attached hydrogens (primary N) is 1. The van der Waals surface area contributed by atoms with Gasteiger partial charge in [0.25, 0.3) is 0 Å². The Balaban J connectivity index is 2.52. The highest BCUT2D eigenvalue weighted by Crippen LogP contribution is 2.19. The zero-order valence-corrected chi connectivity index (χ0v) is 9.65. The van der Waals surface area contributed by atoms with Gasteiger partial charge < -0.3 is 10.8 Å².